The summed E-state index contributed by atoms with van der Waals surface area (Å²) < 4.78 is 69.9. The lowest BCUT2D eigenvalue weighted by Gasteiger charge is -2.37. The molecule has 0 fully saturated rings. The van der Waals surface area contributed by atoms with Crippen molar-refractivity contribution in [3.8, 4) is 0 Å². The van der Waals surface area contributed by atoms with E-state index in [1.807, 2.05) is 0 Å². The molecule has 1 rings (SSSR count). The van der Waals surface area contributed by atoms with Gasteiger partial charge in [-0.2, -0.15) is 0 Å². The van der Waals surface area contributed by atoms with Crippen molar-refractivity contribution in [1.29, 1.82) is 0 Å². The Morgan fingerprint density at radius 1 is 1.28 bits per heavy atom. The third kappa shape index (κ3) is 5.08. The topological polar surface area (TPSA) is 72.4 Å². The zero-order valence-electron chi connectivity index (χ0n) is 14.3. The van der Waals surface area contributed by atoms with Crippen LogP contribution in [0.1, 0.15) is 39.7 Å². The van der Waals surface area contributed by atoms with Crippen molar-refractivity contribution in [1.82, 2.24) is 4.72 Å². The summed E-state index contributed by atoms with van der Waals surface area (Å²) in [7, 11) is 0. The van der Waals surface area contributed by atoms with Gasteiger partial charge in [-0.15, -0.1) is 4.72 Å². The average molecular weight is 383 g/mol. The summed E-state index contributed by atoms with van der Waals surface area (Å²) in [6, 6.07) is 3.03. The van der Waals surface area contributed by atoms with Crippen LogP contribution in [0.15, 0.2) is 18.2 Å². The Hall–Kier alpha value is -1.32. The number of carbonyl (C=O) groups is 1. The Balaban J connectivity index is 3.35. The summed E-state index contributed by atoms with van der Waals surface area (Å²) in [6.45, 7) is 5.80. The number of nitrogens with one attached hydrogen (secondary N) is 1. The van der Waals surface area contributed by atoms with Crippen molar-refractivity contribution in [2.75, 3.05) is 0 Å². The normalized spacial score (nSPS) is 18.3. The molecule has 142 valence electrons. The van der Waals surface area contributed by atoms with Gasteiger partial charge in [0.1, 0.15) is 16.5 Å². The van der Waals surface area contributed by atoms with Gasteiger partial charge in [-0.05, 0) is 33.8 Å². The highest BCUT2D eigenvalue weighted by atomic mass is 32.2. The number of halogens is 4. The van der Waals surface area contributed by atoms with E-state index in [0.717, 1.165) is 25.1 Å². The molecule has 1 aromatic rings. The summed E-state index contributed by atoms with van der Waals surface area (Å²) in [5.41, 5.74) is -2.61. The first-order valence-electron chi connectivity index (χ1n) is 7.45. The molecule has 0 aliphatic rings. The van der Waals surface area contributed by atoms with Gasteiger partial charge in [0, 0.05) is 23.3 Å². The minimum atomic E-state index is -2.55. The number of carboxylic acids is 1. The molecule has 9 heteroatoms. The summed E-state index contributed by atoms with van der Waals surface area (Å²) in [5, 5.41) is 8.62. The minimum Gasteiger partial charge on any atom is -0.598 e. The molecular weight excluding hydrogens is 362 g/mol. The number of hydrogen-bond donors (Lipinski definition) is 2. The van der Waals surface area contributed by atoms with Gasteiger partial charge in [0.2, 0.25) is 0 Å². The van der Waals surface area contributed by atoms with Crippen LogP contribution in [-0.2, 0) is 21.7 Å². The molecule has 0 aliphatic heterocycles. The monoisotopic (exact) mass is 383 g/mol. The lowest BCUT2D eigenvalue weighted by atomic mass is 9.85. The molecule has 1 aromatic carbocycles. The van der Waals surface area contributed by atoms with Crippen molar-refractivity contribution >= 4 is 17.3 Å². The van der Waals surface area contributed by atoms with E-state index in [2.05, 4.69) is 4.72 Å². The fourth-order valence-corrected chi connectivity index (χ4v) is 2.99. The van der Waals surface area contributed by atoms with Crippen LogP contribution >= 0.6 is 0 Å². The molecule has 0 amide bonds. The van der Waals surface area contributed by atoms with Gasteiger partial charge < -0.3 is 9.66 Å². The largest absolute Gasteiger partial charge is 0.598 e. The van der Waals surface area contributed by atoms with Crippen LogP contribution in [0, 0.1) is 11.6 Å². The number of alkyl halides is 2. The van der Waals surface area contributed by atoms with Crippen molar-refractivity contribution in [3.05, 3.63) is 35.4 Å². The van der Waals surface area contributed by atoms with E-state index in [0.29, 0.717) is 0 Å². The number of hydrogen-bond acceptors (Lipinski definition) is 3. The molecule has 2 N–H and O–H groups in total. The van der Waals surface area contributed by atoms with E-state index >= 15 is 0 Å². The molecular formula is C16H21F4NO3S. The van der Waals surface area contributed by atoms with E-state index in [1.165, 1.54) is 0 Å². The molecule has 1 unspecified atom stereocenters. The van der Waals surface area contributed by atoms with Gasteiger partial charge in [-0.1, -0.05) is 12.1 Å². The van der Waals surface area contributed by atoms with Crippen molar-refractivity contribution in [2.45, 2.75) is 56.7 Å². The molecule has 0 spiro atoms. The van der Waals surface area contributed by atoms with Crippen LogP contribution < -0.4 is 4.72 Å². The van der Waals surface area contributed by atoms with E-state index in [1.54, 1.807) is 20.8 Å². The van der Waals surface area contributed by atoms with E-state index in [4.69, 9.17) is 5.11 Å². The Morgan fingerprint density at radius 2 is 1.84 bits per heavy atom. The molecule has 0 aliphatic carbocycles. The Morgan fingerprint density at radius 3 is 2.32 bits per heavy atom. The van der Waals surface area contributed by atoms with Gasteiger partial charge in [-0.25, -0.2) is 22.4 Å². The second-order valence-electron chi connectivity index (χ2n) is 6.80. The Kier molecular flexibility index (Phi) is 6.88. The zero-order chi connectivity index (χ0) is 19.6. The van der Waals surface area contributed by atoms with Crippen molar-refractivity contribution in [2.24, 2.45) is 0 Å². The van der Waals surface area contributed by atoms with Crippen LogP contribution in [0.4, 0.5) is 17.6 Å². The maximum atomic E-state index is 14.8. The number of rotatable bonds is 7. The number of benzene rings is 1. The van der Waals surface area contributed by atoms with Crippen LogP contribution in [0.5, 0.6) is 0 Å². The third-order valence-electron chi connectivity index (χ3n) is 3.68. The fourth-order valence-electron chi connectivity index (χ4n) is 2.06. The maximum Gasteiger partial charge on any atom is 0.338 e. The highest BCUT2D eigenvalue weighted by Gasteiger charge is 2.46. The first-order chi connectivity index (χ1) is 11.3. The fraction of sp³-hybridized carbons (Fsp3) is 0.562. The summed E-state index contributed by atoms with van der Waals surface area (Å²) >= 11 is -1.92. The molecule has 4 atom stereocenters. The second kappa shape index (κ2) is 7.92. The SMILES string of the molecule is CC(C)(C)[S@@+]([O-])N[C@](C)(c1cccc(F)c1F)[C@@H](F)CC(F)C(=O)O. The zero-order valence-corrected chi connectivity index (χ0v) is 15.1. The maximum absolute atomic E-state index is 14.8. The predicted molar refractivity (Wildman–Crippen MR) is 86.8 cm³/mol. The van der Waals surface area contributed by atoms with Crippen LogP contribution in [-0.4, -0.2) is 32.7 Å². The smallest absolute Gasteiger partial charge is 0.338 e. The molecule has 0 heterocycles. The summed E-state index contributed by atoms with van der Waals surface area (Å²) in [4.78, 5) is 10.6. The third-order valence-corrected chi connectivity index (χ3v) is 5.40. The molecule has 0 saturated heterocycles. The highest BCUT2D eigenvalue weighted by Crippen LogP contribution is 2.35. The highest BCUT2D eigenvalue weighted by molar-refractivity contribution is 7.90. The van der Waals surface area contributed by atoms with Gasteiger partial charge in [0.15, 0.2) is 17.8 Å². The molecule has 0 saturated carbocycles. The van der Waals surface area contributed by atoms with Crippen LogP contribution in [0.2, 0.25) is 0 Å². The van der Waals surface area contributed by atoms with E-state index in [9.17, 15) is 26.9 Å². The van der Waals surface area contributed by atoms with Crippen LogP contribution in [0.3, 0.4) is 0 Å². The lowest BCUT2D eigenvalue weighted by Crippen LogP contribution is -2.55. The Bertz CT molecular complexity index is 626. The quantitative estimate of drug-likeness (QED) is 0.559. The van der Waals surface area contributed by atoms with Gasteiger partial charge in [0.25, 0.3) is 0 Å². The van der Waals surface area contributed by atoms with Crippen molar-refractivity contribution < 1.29 is 32.0 Å². The summed E-state index contributed by atoms with van der Waals surface area (Å²) in [5.74, 6) is -4.51. The first-order valence-corrected chi connectivity index (χ1v) is 8.60. The first kappa shape index (κ1) is 21.7. The molecule has 4 nitrogen and oxygen atoms in total. The number of aliphatic carboxylic acids is 1. The number of carboxylic acid groups (broad SMARTS) is 1. The summed E-state index contributed by atoms with van der Waals surface area (Å²) in [6.07, 6.45) is -5.95. The minimum absolute atomic E-state index is 0.504. The van der Waals surface area contributed by atoms with Crippen LogP contribution in [0.25, 0.3) is 0 Å². The van der Waals surface area contributed by atoms with E-state index in [-0.39, 0.29) is 0 Å². The lowest BCUT2D eigenvalue weighted by molar-refractivity contribution is -0.143. The molecule has 0 radical (unpaired) electrons. The molecule has 0 bridgehead atoms. The van der Waals surface area contributed by atoms with E-state index < -0.39 is 63.6 Å². The molecule has 25 heavy (non-hydrogen) atoms. The van der Waals surface area contributed by atoms with Gasteiger partial charge in [0.05, 0.1) is 0 Å². The molecule has 0 aromatic heterocycles. The average Bonchev–Trinajstić information content (AvgIpc) is 2.48. The predicted octanol–water partition coefficient (Wildman–Crippen LogP) is 3.38. The Labute approximate surface area is 146 Å². The van der Waals surface area contributed by atoms with Crippen molar-refractivity contribution in [3.63, 3.8) is 0 Å². The van der Waals surface area contributed by atoms with Gasteiger partial charge in [-0.3, -0.25) is 0 Å². The van der Waals surface area contributed by atoms with Gasteiger partial charge >= 0.3 is 5.97 Å². The standard InChI is InChI=1S/C16H21F4NO3S/c1-15(2,3)25(24)21-16(4,12(19)8-11(18)14(22)23)9-6-5-7-10(17)13(9)20/h5-7,11-12,21H,8H2,1-4H3,(H,22,23)/t11?,12-,16+,25+/m0/s1. The second-order valence-corrected chi connectivity index (χ2v) is 8.76.